The summed E-state index contributed by atoms with van der Waals surface area (Å²) in [5, 5.41) is 6.34. The van der Waals surface area contributed by atoms with E-state index in [-0.39, 0.29) is 18.3 Å². The number of piperazine rings is 1. The molecule has 0 spiro atoms. The van der Waals surface area contributed by atoms with Crippen molar-refractivity contribution in [2.45, 2.75) is 33.1 Å². The van der Waals surface area contributed by atoms with Crippen LogP contribution in [0.2, 0.25) is 0 Å². The monoisotopic (exact) mass is 369 g/mol. The molecular weight excluding hydrogens is 338 g/mol. The lowest BCUT2D eigenvalue weighted by molar-refractivity contribution is -0.121. The van der Waals surface area contributed by atoms with E-state index in [1.54, 1.807) is 0 Å². The van der Waals surface area contributed by atoms with Gasteiger partial charge in [0.05, 0.1) is 6.61 Å². The highest BCUT2D eigenvalue weighted by Gasteiger charge is 2.09. The molecule has 0 bridgehead atoms. The molecule has 2 rings (SSSR count). The Kier molecular flexibility index (Phi) is 10.5. The van der Waals surface area contributed by atoms with Crippen molar-refractivity contribution < 1.29 is 9.53 Å². The summed E-state index contributed by atoms with van der Waals surface area (Å²) < 4.78 is 5.82. The highest BCUT2D eigenvalue weighted by molar-refractivity contribution is 5.85. The minimum absolute atomic E-state index is 0. The van der Waals surface area contributed by atoms with Crippen LogP contribution in [0, 0.1) is 13.8 Å². The smallest absolute Gasteiger partial charge is 0.220 e. The summed E-state index contributed by atoms with van der Waals surface area (Å²) in [5.74, 6) is 1.10. The minimum Gasteiger partial charge on any atom is -0.493 e. The first-order valence-corrected chi connectivity index (χ1v) is 9.05. The van der Waals surface area contributed by atoms with Crippen molar-refractivity contribution in [2.75, 3.05) is 45.9 Å². The fraction of sp³-hybridized carbons (Fsp3) is 0.632. The topological polar surface area (TPSA) is 53.6 Å². The quantitative estimate of drug-likeness (QED) is 0.656. The molecule has 2 N–H and O–H groups in total. The predicted molar refractivity (Wildman–Crippen MR) is 105 cm³/mol. The van der Waals surface area contributed by atoms with Crippen molar-refractivity contribution in [3.63, 3.8) is 0 Å². The van der Waals surface area contributed by atoms with Crippen molar-refractivity contribution in [2.24, 2.45) is 0 Å². The summed E-state index contributed by atoms with van der Waals surface area (Å²) in [5.41, 5.74) is 2.37. The summed E-state index contributed by atoms with van der Waals surface area (Å²) in [6.45, 7) is 10.7. The van der Waals surface area contributed by atoms with Gasteiger partial charge in [0.25, 0.3) is 0 Å². The Balaban J connectivity index is 0.00000312. The maximum atomic E-state index is 11.8. The van der Waals surface area contributed by atoms with Crippen molar-refractivity contribution in [3.05, 3.63) is 29.3 Å². The lowest BCUT2D eigenvalue weighted by atomic mass is 10.1. The number of rotatable bonds is 9. The van der Waals surface area contributed by atoms with Gasteiger partial charge in [0, 0.05) is 45.7 Å². The molecule has 1 aliphatic rings. The van der Waals surface area contributed by atoms with Crippen LogP contribution in [0.15, 0.2) is 18.2 Å². The largest absolute Gasteiger partial charge is 0.493 e. The summed E-state index contributed by atoms with van der Waals surface area (Å²) in [4.78, 5) is 14.2. The molecule has 25 heavy (non-hydrogen) atoms. The molecule has 142 valence electrons. The third kappa shape index (κ3) is 8.56. The summed E-state index contributed by atoms with van der Waals surface area (Å²) in [6.07, 6.45) is 2.35. The van der Waals surface area contributed by atoms with E-state index in [1.165, 1.54) is 5.56 Å². The fourth-order valence-electron chi connectivity index (χ4n) is 2.81. The normalized spacial score (nSPS) is 14.6. The molecule has 0 aliphatic carbocycles. The Hall–Kier alpha value is -1.30. The lowest BCUT2D eigenvalue weighted by Crippen LogP contribution is -2.46. The third-order valence-corrected chi connectivity index (χ3v) is 4.36. The first-order chi connectivity index (χ1) is 11.6. The van der Waals surface area contributed by atoms with E-state index in [0.717, 1.165) is 63.4 Å². The van der Waals surface area contributed by atoms with Gasteiger partial charge in [-0.1, -0.05) is 12.1 Å². The van der Waals surface area contributed by atoms with E-state index in [9.17, 15) is 4.79 Å². The van der Waals surface area contributed by atoms with Gasteiger partial charge in [-0.25, -0.2) is 0 Å². The van der Waals surface area contributed by atoms with Crippen LogP contribution in [0.25, 0.3) is 0 Å². The van der Waals surface area contributed by atoms with Gasteiger partial charge in [0.15, 0.2) is 0 Å². The van der Waals surface area contributed by atoms with Crippen LogP contribution >= 0.6 is 12.4 Å². The van der Waals surface area contributed by atoms with Crippen LogP contribution in [0.1, 0.15) is 30.4 Å². The van der Waals surface area contributed by atoms with Crippen LogP contribution in [-0.2, 0) is 4.79 Å². The first kappa shape index (κ1) is 21.7. The number of ether oxygens (including phenoxy) is 1. The zero-order valence-corrected chi connectivity index (χ0v) is 16.3. The zero-order valence-electron chi connectivity index (χ0n) is 15.5. The Labute approximate surface area is 157 Å². The Bertz CT molecular complexity index is 519. The number of nitrogens with zero attached hydrogens (tertiary/aromatic N) is 1. The van der Waals surface area contributed by atoms with Crippen molar-refractivity contribution in [1.29, 1.82) is 0 Å². The number of hydrogen-bond donors (Lipinski definition) is 2. The maximum Gasteiger partial charge on any atom is 0.220 e. The van der Waals surface area contributed by atoms with E-state index >= 15 is 0 Å². The Morgan fingerprint density at radius 2 is 2.00 bits per heavy atom. The van der Waals surface area contributed by atoms with Gasteiger partial charge in [-0.05, 0) is 43.9 Å². The molecule has 0 saturated carbocycles. The van der Waals surface area contributed by atoms with Crippen LogP contribution in [0.5, 0.6) is 5.75 Å². The molecular formula is C19H32ClN3O2. The number of amides is 1. The van der Waals surface area contributed by atoms with Crippen molar-refractivity contribution >= 4 is 18.3 Å². The number of aryl methyl sites for hydroxylation is 2. The molecule has 0 atom stereocenters. The second-order valence-electron chi connectivity index (χ2n) is 6.52. The van der Waals surface area contributed by atoms with Crippen molar-refractivity contribution in [3.8, 4) is 5.75 Å². The summed E-state index contributed by atoms with van der Waals surface area (Å²) in [7, 11) is 0. The summed E-state index contributed by atoms with van der Waals surface area (Å²) >= 11 is 0. The standard InChI is InChI=1S/C19H31N3O2.ClH/c1-16-6-7-17(2)18(15-16)24-14-4-3-5-19(23)21-10-13-22-11-8-20-9-12-22;/h6-7,15,20H,3-5,8-14H2,1-2H3,(H,21,23);1H. The molecule has 6 heteroatoms. The van der Waals surface area contributed by atoms with E-state index < -0.39 is 0 Å². The molecule has 5 nitrogen and oxygen atoms in total. The highest BCUT2D eigenvalue weighted by Crippen LogP contribution is 2.19. The molecule has 0 unspecified atom stereocenters. The average Bonchev–Trinajstić information content (AvgIpc) is 2.58. The van der Waals surface area contributed by atoms with Crippen LogP contribution in [0.3, 0.4) is 0 Å². The average molecular weight is 370 g/mol. The van der Waals surface area contributed by atoms with Crippen LogP contribution in [-0.4, -0.2) is 56.7 Å². The van der Waals surface area contributed by atoms with Gasteiger partial charge in [0.2, 0.25) is 5.91 Å². The number of carbonyl (C=O) groups is 1. The minimum atomic E-state index is 0. The number of halogens is 1. The number of benzene rings is 1. The zero-order chi connectivity index (χ0) is 17.2. The molecule has 1 aliphatic heterocycles. The SMILES string of the molecule is Cc1ccc(C)c(OCCCCC(=O)NCCN2CCNCC2)c1.Cl. The second-order valence-corrected chi connectivity index (χ2v) is 6.52. The Morgan fingerprint density at radius 1 is 1.24 bits per heavy atom. The van der Waals surface area contributed by atoms with Crippen LogP contribution in [0.4, 0.5) is 0 Å². The van der Waals surface area contributed by atoms with Gasteiger partial charge in [0.1, 0.15) is 5.75 Å². The van der Waals surface area contributed by atoms with E-state index in [0.29, 0.717) is 13.0 Å². The number of unbranched alkanes of at least 4 members (excludes halogenated alkanes) is 1. The number of carbonyl (C=O) groups excluding carboxylic acids is 1. The maximum absolute atomic E-state index is 11.8. The second kappa shape index (κ2) is 12.1. The number of nitrogens with one attached hydrogen (secondary N) is 2. The predicted octanol–water partition coefficient (Wildman–Crippen LogP) is 2.30. The molecule has 0 aromatic heterocycles. The lowest BCUT2D eigenvalue weighted by Gasteiger charge is -2.27. The van der Waals surface area contributed by atoms with Gasteiger partial charge in [-0.2, -0.15) is 0 Å². The van der Waals surface area contributed by atoms with E-state index in [4.69, 9.17) is 4.74 Å². The molecule has 1 amide bonds. The molecule has 1 aromatic rings. The molecule has 1 aromatic carbocycles. The Morgan fingerprint density at radius 3 is 2.76 bits per heavy atom. The highest BCUT2D eigenvalue weighted by atomic mass is 35.5. The number of hydrogen-bond acceptors (Lipinski definition) is 4. The van der Waals surface area contributed by atoms with Gasteiger partial charge < -0.3 is 15.4 Å². The molecule has 1 saturated heterocycles. The van der Waals surface area contributed by atoms with Gasteiger partial charge in [-0.3, -0.25) is 9.69 Å². The molecule has 0 radical (unpaired) electrons. The van der Waals surface area contributed by atoms with E-state index in [1.807, 2.05) is 0 Å². The van der Waals surface area contributed by atoms with Crippen LogP contribution < -0.4 is 15.4 Å². The fourth-order valence-corrected chi connectivity index (χ4v) is 2.81. The van der Waals surface area contributed by atoms with Gasteiger partial charge in [-0.15, -0.1) is 12.4 Å². The van der Waals surface area contributed by atoms with E-state index in [2.05, 4.69) is 47.6 Å². The summed E-state index contributed by atoms with van der Waals surface area (Å²) in [6, 6.07) is 6.24. The van der Waals surface area contributed by atoms with Crippen molar-refractivity contribution in [1.82, 2.24) is 15.5 Å². The molecule has 1 fully saturated rings. The first-order valence-electron chi connectivity index (χ1n) is 9.05. The third-order valence-electron chi connectivity index (χ3n) is 4.36. The molecule has 1 heterocycles. The van der Waals surface area contributed by atoms with Gasteiger partial charge >= 0.3 is 0 Å².